The van der Waals surface area contributed by atoms with Crippen LogP contribution < -0.4 is 6.15 Å². The van der Waals surface area contributed by atoms with Gasteiger partial charge in [-0.2, -0.15) is 0 Å². The number of ketones is 2. The molecule has 0 aliphatic rings. The molecule has 0 atom stereocenters. The zero-order chi connectivity index (χ0) is 5.86. The molecule has 0 fully saturated rings. The minimum Gasteiger partial charge on any atom is -0.412 e. The largest absolute Gasteiger partial charge is 0.412 e. The molecular formula is C5H15MoNO4. The van der Waals surface area contributed by atoms with E-state index >= 15 is 0 Å². The van der Waals surface area contributed by atoms with Gasteiger partial charge in [0.2, 0.25) is 0 Å². The molecule has 0 aliphatic carbocycles. The number of hydrogen-bond acceptors (Lipinski definition) is 3. The first-order chi connectivity index (χ1) is 3.13. The smallest absolute Gasteiger partial charge is 0.137 e. The first-order valence-electron chi connectivity index (χ1n) is 2.12. The van der Waals surface area contributed by atoms with Crippen LogP contribution >= 0.6 is 0 Å². The van der Waals surface area contributed by atoms with Crippen molar-refractivity contribution in [2.24, 2.45) is 0 Å². The summed E-state index contributed by atoms with van der Waals surface area (Å²) in [7, 11) is 0. The van der Waals surface area contributed by atoms with Gasteiger partial charge in [0.05, 0.1) is 6.42 Å². The van der Waals surface area contributed by atoms with Crippen LogP contribution in [0.15, 0.2) is 0 Å². The number of carbonyl (C=O) groups excluding carboxylic acids is 2. The van der Waals surface area contributed by atoms with Crippen molar-refractivity contribution in [3.63, 3.8) is 0 Å². The van der Waals surface area contributed by atoms with Crippen LogP contribution in [0, 0.1) is 0 Å². The van der Waals surface area contributed by atoms with Gasteiger partial charge in [-0.1, -0.05) is 0 Å². The van der Waals surface area contributed by atoms with Gasteiger partial charge in [-0.3, -0.25) is 9.59 Å². The summed E-state index contributed by atoms with van der Waals surface area (Å²) in [5.41, 5.74) is 0. The number of carbonyl (C=O) groups is 2. The Labute approximate surface area is 80.0 Å². The molecule has 0 radical (unpaired) electrons. The van der Waals surface area contributed by atoms with E-state index in [0.717, 1.165) is 0 Å². The molecule has 0 aliphatic heterocycles. The molecule has 0 amide bonds. The molecular weight excluding hydrogens is 234 g/mol. The maximum Gasteiger partial charge on any atom is 0.137 e. The molecule has 0 aromatic heterocycles. The average molecular weight is 249 g/mol. The third kappa shape index (κ3) is 40.6. The van der Waals surface area contributed by atoms with Crippen molar-refractivity contribution in [3.05, 3.63) is 0 Å². The first kappa shape index (κ1) is 30.7. The molecule has 7 N–H and O–H groups in total. The summed E-state index contributed by atoms with van der Waals surface area (Å²) >= 11 is 0. The number of Topliss-reactive ketones (excluding diaryl/α,β-unsaturated/α-hetero) is 2. The summed E-state index contributed by atoms with van der Waals surface area (Å²) in [4.78, 5) is 20.1. The van der Waals surface area contributed by atoms with Crippen molar-refractivity contribution in [3.8, 4) is 0 Å². The Kier molecular flexibility index (Phi) is 45.9. The minimum atomic E-state index is -0.0625. The van der Waals surface area contributed by atoms with Crippen molar-refractivity contribution in [1.82, 2.24) is 6.15 Å². The standard InChI is InChI=1S/C5H8O2.Mo.H3N.2H2O/c1-4(6)3-5(2)7;;;;/h3H2,1-2H3;;1H3;2*1H2. The molecule has 0 bridgehead atoms. The fourth-order valence-corrected chi connectivity index (χ4v) is 0.351. The van der Waals surface area contributed by atoms with Crippen molar-refractivity contribution in [1.29, 1.82) is 0 Å². The van der Waals surface area contributed by atoms with Crippen molar-refractivity contribution in [2.45, 2.75) is 20.3 Å². The molecule has 0 aromatic rings. The molecule has 0 unspecified atom stereocenters. The molecule has 6 heteroatoms. The Morgan fingerprint density at radius 2 is 1.18 bits per heavy atom. The van der Waals surface area contributed by atoms with Crippen LogP contribution in [0.1, 0.15) is 20.3 Å². The first-order valence-corrected chi connectivity index (χ1v) is 2.12. The Balaban J connectivity index is -0.0000000300. The van der Waals surface area contributed by atoms with Gasteiger partial charge >= 0.3 is 0 Å². The molecule has 0 spiro atoms. The van der Waals surface area contributed by atoms with E-state index < -0.39 is 0 Å². The van der Waals surface area contributed by atoms with E-state index in [9.17, 15) is 9.59 Å². The van der Waals surface area contributed by atoms with E-state index in [0.29, 0.717) is 0 Å². The van der Waals surface area contributed by atoms with E-state index in [2.05, 4.69) is 0 Å². The summed E-state index contributed by atoms with van der Waals surface area (Å²) in [5.74, 6) is -0.125. The summed E-state index contributed by atoms with van der Waals surface area (Å²) in [6.07, 6.45) is 0.0833. The molecule has 0 saturated heterocycles. The van der Waals surface area contributed by atoms with Crippen molar-refractivity contribution >= 4 is 11.6 Å². The second kappa shape index (κ2) is 16.5. The zero-order valence-electron chi connectivity index (χ0n) is 6.64. The van der Waals surface area contributed by atoms with Gasteiger partial charge in [0.25, 0.3) is 0 Å². The molecule has 0 heterocycles. The summed E-state index contributed by atoms with van der Waals surface area (Å²) in [5, 5.41) is 0. The fraction of sp³-hybridized carbons (Fsp3) is 0.600. The SMILES string of the molecule is CC(=O)CC(C)=O.N.O.O.[Mo]. The summed E-state index contributed by atoms with van der Waals surface area (Å²) in [6, 6.07) is 0. The predicted octanol–water partition coefficient (Wildman–Crippen LogP) is -0.935. The van der Waals surface area contributed by atoms with Crippen molar-refractivity contribution < 1.29 is 41.6 Å². The average Bonchev–Trinajstić information content (AvgIpc) is 1.27. The van der Waals surface area contributed by atoms with E-state index in [1.54, 1.807) is 0 Å². The Morgan fingerprint density at radius 1 is 1.00 bits per heavy atom. The van der Waals surface area contributed by atoms with Gasteiger partial charge in [-0.15, -0.1) is 0 Å². The number of rotatable bonds is 2. The van der Waals surface area contributed by atoms with E-state index in [4.69, 9.17) is 0 Å². The molecule has 5 nitrogen and oxygen atoms in total. The van der Waals surface area contributed by atoms with Crippen LogP contribution in [0.3, 0.4) is 0 Å². The Morgan fingerprint density at radius 3 is 1.18 bits per heavy atom. The van der Waals surface area contributed by atoms with Crippen LogP contribution in [-0.2, 0) is 30.7 Å². The predicted molar refractivity (Wildman–Crippen MR) is 38.2 cm³/mol. The monoisotopic (exact) mass is 251 g/mol. The van der Waals surface area contributed by atoms with Crippen LogP contribution in [0.25, 0.3) is 0 Å². The van der Waals surface area contributed by atoms with Crippen LogP contribution in [0.5, 0.6) is 0 Å². The molecule has 11 heavy (non-hydrogen) atoms. The van der Waals surface area contributed by atoms with E-state index in [-0.39, 0.29) is 56.2 Å². The van der Waals surface area contributed by atoms with Gasteiger partial charge in [0, 0.05) is 21.1 Å². The topological polar surface area (TPSA) is 132 Å². The Hall–Kier alpha value is -0.0917. The third-order valence-corrected chi connectivity index (χ3v) is 0.498. The third-order valence-electron chi connectivity index (χ3n) is 0.498. The normalized spacial score (nSPS) is 5.27. The van der Waals surface area contributed by atoms with Gasteiger partial charge in [-0.25, -0.2) is 0 Å². The van der Waals surface area contributed by atoms with E-state index in [1.165, 1.54) is 13.8 Å². The van der Waals surface area contributed by atoms with E-state index in [1.807, 2.05) is 0 Å². The maximum absolute atomic E-state index is 10.0. The fourth-order valence-electron chi connectivity index (χ4n) is 0.351. The molecule has 0 aromatic carbocycles. The second-order valence-corrected chi connectivity index (χ2v) is 1.58. The minimum absolute atomic E-state index is 0. The van der Waals surface area contributed by atoms with Gasteiger partial charge in [0.1, 0.15) is 11.6 Å². The quantitative estimate of drug-likeness (QED) is 0.500. The molecule has 0 rings (SSSR count). The van der Waals surface area contributed by atoms with Gasteiger partial charge in [-0.05, 0) is 13.8 Å². The van der Waals surface area contributed by atoms with Crippen molar-refractivity contribution in [2.75, 3.05) is 0 Å². The zero-order valence-corrected chi connectivity index (χ0v) is 8.65. The molecule has 0 saturated carbocycles. The molecule has 70 valence electrons. The van der Waals surface area contributed by atoms with Gasteiger partial charge in [0.15, 0.2) is 0 Å². The Bertz CT molecular complexity index is 94.7. The van der Waals surface area contributed by atoms with Crippen LogP contribution in [0.4, 0.5) is 0 Å². The maximum atomic E-state index is 10.0. The summed E-state index contributed by atoms with van der Waals surface area (Å²) < 4.78 is 0. The number of hydrogen-bond donors (Lipinski definition) is 1. The van der Waals surface area contributed by atoms with Crippen LogP contribution in [0.2, 0.25) is 0 Å². The second-order valence-electron chi connectivity index (χ2n) is 1.58. The summed E-state index contributed by atoms with van der Waals surface area (Å²) in [6.45, 7) is 2.81. The van der Waals surface area contributed by atoms with Crippen LogP contribution in [-0.4, -0.2) is 22.5 Å². The van der Waals surface area contributed by atoms with Gasteiger partial charge < -0.3 is 17.1 Å².